The molecular formula is C25H30F2N2O3S. The van der Waals surface area contributed by atoms with Gasteiger partial charge >= 0.3 is 0 Å². The molecule has 1 saturated heterocycles. The van der Waals surface area contributed by atoms with E-state index in [1.807, 2.05) is 20.8 Å². The molecule has 1 heterocycles. The molecule has 1 aliphatic carbocycles. The second-order valence-electron chi connectivity index (χ2n) is 10.5. The van der Waals surface area contributed by atoms with Crippen LogP contribution in [0.2, 0.25) is 0 Å². The van der Waals surface area contributed by atoms with Crippen molar-refractivity contribution in [3.05, 3.63) is 59.7 Å². The standard InChI is InChI=1S/C25H30F2N2O3S/c1-24(2,3)23(30)29-15-25(11-12-25)22(28-33(4,31)32)20(29)14-17-8-6-10-19(21(17)27)16-7-5-9-18(26)13-16/h5-10,13,20,22,28H,11-12,14-15H2,1-4H3. The van der Waals surface area contributed by atoms with Crippen LogP contribution >= 0.6 is 0 Å². The Bertz CT molecular complexity index is 1190. The first-order valence-electron chi connectivity index (χ1n) is 11.1. The second-order valence-corrected chi connectivity index (χ2v) is 12.3. The number of benzene rings is 2. The van der Waals surface area contributed by atoms with Crippen LogP contribution in [0.3, 0.4) is 0 Å². The summed E-state index contributed by atoms with van der Waals surface area (Å²) in [6, 6.07) is 9.68. The molecule has 0 aromatic heterocycles. The molecule has 0 bridgehead atoms. The van der Waals surface area contributed by atoms with Gasteiger partial charge in [0.1, 0.15) is 11.6 Å². The number of nitrogens with zero attached hydrogens (tertiary/aromatic N) is 1. The van der Waals surface area contributed by atoms with Crippen molar-refractivity contribution >= 4 is 15.9 Å². The van der Waals surface area contributed by atoms with Crippen LogP contribution in [-0.2, 0) is 21.2 Å². The summed E-state index contributed by atoms with van der Waals surface area (Å²) in [6.07, 6.45) is 2.90. The highest BCUT2D eigenvalue weighted by Crippen LogP contribution is 2.56. The molecule has 1 N–H and O–H groups in total. The summed E-state index contributed by atoms with van der Waals surface area (Å²) in [5.41, 5.74) is 0.0912. The van der Waals surface area contributed by atoms with Gasteiger partial charge < -0.3 is 4.90 Å². The SMILES string of the molecule is CC(C)(C)C(=O)N1CC2(CC2)C(NS(C)(=O)=O)C1Cc1cccc(-c2cccc(F)c2)c1F. The Morgan fingerprint density at radius 2 is 1.82 bits per heavy atom. The van der Waals surface area contributed by atoms with Crippen molar-refractivity contribution in [3.63, 3.8) is 0 Å². The monoisotopic (exact) mass is 476 g/mol. The zero-order chi connectivity index (χ0) is 24.2. The molecule has 2 aromatic rings. The van der Waals surface area contributed by atoms with Crippen LogP contribution in [0.1, 0.15) is 39.2 Å². The van der Waals surface area contributed by atoms with E-state index in [0.29, 0.717) is 17.7 Å². The number of likely N-dealkylation sites (tertiary alicyclic amines) is 1. The van der Waals surface area contributed by atoms with E-state index in [2.05, 4.69) is 4.72 Å². The Labute approximate surface area is 194 Å². The van der Waals surface area contributed by atoms with Gasteiger partial charge in [-0.1, -0.05) is 51.1 Å². The molecule has 8 heteroatoms. The van der Waals surface area contributed by atoms with Gasteiger partial charge in [-0.15, -0.1) is 0 Å². The van der Waals surface area contributed by atoms with Gasteiger partial charge in [-0.3, -0.25) is 4.79 Å². The number of hydrogen-bond donors (Lipinski definition) is 1. The lowest BCUT2D eigenvalue weighted by Crippen LogP contribution is -2.51. The lowest BCUT2D eigenvalue weighted by molar-refractivity contribution is -0.140. The van der Waals surface area contributed by atoms with Crippen molar-refractivity contribution in [2.45, 2.75) is 52.1 Å². The average Bonchev–Trinajstić information content (AvgIpc) is 3.43. The zero-order valence-electron chi connectivity index (χ0n) is 19.4. The number of amides is 1. The lowest BCUT2D eigenvalue weighted by Gasteiger charge is -2.33. The molecule has 1 spiro atoms. The van der Waals surface area contributed by atoms with E-state index in [-0.39, 0.29) is 23.3 Å². The number of carbonyl (C=O) groups excluding carboxylic acids is 1. The third-order valence-corrected chi connectivity index (χ3v) is 7.39. The van der Waals surface area contributed by atoms with E-state index < -0.39 is 39.2 Å². The van der Waals surface area contributed by atoms with Crippen LogP contribution in [0.4, 0.5) is 8.78 Å². The van der Waals surface area contributed by atoms with Crippen molar-refractivity contribution in [2.24, 2.45) is 10.8 Å². The second kappa shape index (κ2) is 8.17. The highest BCUT2D eigenvalue weighted by Gasteiger charge is 2.61. The zero-order valence-corrected chi connectivity index (χ0v) is 20.2. The molecule has 178 valence electrons. The predicted molar refractivity (Wildman–Crippen MR) is 124 cm³/mol. The summed E-state index contributed by atoms with van der Waals surface area (Å²) >= 11 is 0. The van der Waals surface area contributed by atoms with Crippen molar-refractivity contribution in [1.29, 1.82) is 0 Å². The Hall–Kier alpha value is -2.32. The van der Waals surface area contributed by atoms with Crippen LogP contribution in [0.15, 0.2) is 42.5 Å². The van der Waals surface area contributed by atoms with E-state index in [1.54, 1.807) is 29.2 Å². The van der Waals surface area contributed by atoms with Crippen LogP contribution in [-0.4, -0.2) is 44.1 Å². The first-order valence-corrected chi connectivity index (χ1v) is 13.0. The Balaban J connectivity index is 1.74. The van der Waals surface area contributed by atoms with Crippen LogP contribution in [0, 0.1) is 22.5 Å². The maximum atomic E-state index is 15.6. The Morgan fingerprint density at radius 3 is 2.39 bits per heavy atom. The molecular weight excluding hydrogens is 446 g/mol. The molecule has 2 fully saturated rings. The van der Waals surface area contributed by atoms with Gasteiger partial charge in [0.05, 0.1) is 12.3 Å². The van der Waals surface area contributed by atoms with Crippen molar-refractivity contribution in [2.75, 3.05) is 12.8 Å². The average molecular weight is 477 g/mol. The van der Waals surface area contributed by atoms with Crippen LogP contribution in [0.5, 0.6) is 0 Å². The smallest absolute Gasteiger partial charge is 0.228 e. The van der Waals surface area contributed by atoms with E-state index >= 15 is 4.39 Å². The van der Waals surface area contributed by atoms with Gasteiger partial charge in [0.2, 0.25) is 15.9 Å². The van der Waals surface area contributed by atoms with Gasteiger partial charge in [-0.25, -0.2) is 21.9 Å². The topological polar surface area (TPSA) is 66.5 Å². The molecule has 4 rings (SSSR count). The fraction of sp³-hybridized carbons (Fsp3) is 0.480. The minimum Gasteiger partial charge on any atom is -0.337 e. The Kier molecular flexibility index (Phi) is 5.90. The molecule has 2 unspecified atom stereocenters. The van der Waals surface area contributed by atoms with E-state index in [9.17, 15) is 17.6 Å². The third kappa shape index (κ3) is 4.82. The highest BCUT2D eigenvalue weighted by atomic mass is 32.2. The minimum absolute atomic E-state index is 0.0849. The number of hydrogen-bond acceptors (Lipinski definition) is 3. The molecule has 1 saturated carbocycles. The normalized spacial score (nSPS) is 22.1. The molecule has 0 radical (unpaired) electrons. The van der Waals surface area contributed by atoms with Crippen LogP contribution in [0.25, 0.3) is 11.1 Å². The van der Waals surface area contributed by atoms with Gasteiger partial charge in [0, 0.05) is 29.0 Å². The quantitative estimate of drug-likeness (QED) is 0.706. The summed E-state index contributed by atoms with van der Waals surface area (Å²) in [7, 11) is -3.54. The molecule has 5 nitrogen and oxygen atoms in total. The number of nitrogens with one attached hydrogen (secondary N) is 1. The highest BCUT2D eigenvalue weighted by molar-refractivity contribution is 7.88. The fourth-order valence-electron chi connectivity index (χ4n) is 4.93. The number of halogens is 2. The minimum atomic E-state index is -3.54. The van der Waals surface area contributed by atoms with Crippen molar-refractivity contribution in [3.8, 4) is 11.1 Å². The van der Waals surface area contributed by atoms with Gasteiger partial charge in [0.25, 0.3) is 0 Å². The summed E-state index contributed by atoms with van der Waals surface area (Å²) in [5, 5.41) is 0. The molecule has 1 amide bonds. The van der Waals surface area contributed by atoms with Crippen LogP contribution < -0.4 is 4.72 Å². The lowest BCUT2D eigenvalue weighted by atomic mass is 9.90. The number of rotatable bonds is 5. The predicted octanol–water partition coefficient (Wildman–Crippen LogP) is 4.13. The summed E-state index contributed by atoms with van der Waals surface area (Å²) < 4.78 is 56.5. The fourth-order valence-corrected chi connectivity index (χ4v) is 5.80. The summed E-state index contributed by atoms with van der Waals surface area (Å²) in [6.45, 7) is 5.93. The maximum Gasteiger partial charge on any atom is 0.228 e. The summed E-state index contributed by atoms with van der Waals surface area (Å²) in [5.74, 6) is -1.03. The Morgan fingerprint density at radius 1 is 1.15 bits per heavy atom. The van der Waals surface area contributed by atoms with E-state index in [4.69, 9.17) is 0 Å². The third-order valence-electron chi connectivity index (χ3n) is 6.71. The molecule has 2 atom stereocenters. The molecule has 2 aliphatic rings. The van der Waals surface area contributed by atoms with Gasteiger partial charge in [-0.2, -0.15) is 0 Å². The van der Waals surface area contributed by atoms with Crippen molar-refractivity contribution < 1.29 is 22.0 Å². The largest absolute Gasteiger partial charge is 0.337 e. The van der Waals surface area contributed by atoms with Gasteiger partial charge in [-0.05, 0) is 42.5 Å². The van der Waals surface area contributed by atoms with E-state index in [0.717, 1.165) is 19.1 Å². The first kappa shape index (κ1) is 23.8. The molecule has 2 aromatic carbocycles. The molecule has 1 aliphatic heterocycles. The molecule has 33 heavy (non-hydrogen) atoms. The summed E-state index contributed by atoms with van der Waals surface area (Å²) in [4.78, 5) is 15.1. The number of carbonyl (C=O) groups is 1. The van der Waals surface area contributed by atoms with Gasteiger partial charge in [0.15, 0.2) is 0 Å². The maximum absolute atomic E-state index is 15.6. The van der Waals surface area contributed by atoms with Crippen molar-refractivity contribution in [1.82, 2.24) is 9.62 Å². The van der Waals surface area contributed by atoms with E-state index in [1.165, 1.54) is 18.2 Å². The number of sulfonamides is 1. The first-order chi connectivity index (χ1) is 15.3.